The summed E-state index contributed by atoms with van der Waals surface area (Å²) in [5.41, 5.74) is 1.96. The summed E-state index contributed by atoms with van der Waals surface area (Å²) >= 11 is 0. The number of benzene rings is 1. The summed E-state index contributed by atoms with van der Waals surface area (Å²) in [4.78, 5) is 19.7. The predicted octanol–water partition coefficient (Wildman–Crippen LogP) is 3.53. The second kappa shape index (κ2) is 9.55. The molecule has 0 aliphatic carbocycles. The molecule has 0 saturated carbocycles. The van der Waals surface area contributed by atoms with Crippen LogP contribution < -0.4 is 10.1 Å². The number of carbonyl (C=O) groups is 1. The number of oxazole rings is 1. The first-order valence-electron chi connectivity index (χ1n) is 9.10. The maximum atomic E-state index is 11.1. The van der Waals surface area contributed by atoms with E-state index in [1.165, 1.54) is 12.5 Å². The molecule has 0 spiro atoms. The van der Waals surface area contributed by atoms with Crippen LogP contribution in [0.25, 0.3) is 0 Å². The molecule has 7 heteroatoms. The Bertz CT molecular complexity index is 879. The van der Waals surface area contributed by atoms with Crippen molar-refractivity contribution in [2.75, 3.05) is 19.0 Å². The molecule has 1 unspecified atom stereocenters. The van der Waals surface area contributed by atoms with Gasteiger partial charge in [0.2, 0.25) is 0 Å². The highest BCUT2D eigenvalue weighted by molar-refractivity contribution is 5.67. The number of carboxylic acid groups (broad SMARTS) is 1. The molecule has 0 fully saturated rings. The molecule has 0 amide bonds. The topological polar surface area (TPSA) is 97.5 Å². The van der Waals surface area contributed by atoms with Gasteiger partial charge in [0.1, 0.15) is 17.8 Å². The quantitative estimate of drug-likeness (QED) is 0.554. The first-order chi connectivity index (χ1) is 13.6. The Labute approximate surface area is 163 Å². The summed E-state index contributed by atoms with van der Waals surface area (Å²) in [6.45, 7) is 0.525. The molecule has 146 valence electrons. The lowest BCUT2D eigenvalue weighted by Gasteiger charge is -2.12. The van der Waals surface area contributed by atoms with E-state index >= 15 is 0 Å². The minimum atomic E-state index is -0.876. The zero-order valence-corrected chi connectivity index (χ0v) is 15.7. The molecule has 3 rings (SSSR count). The number of hydrogen-bond acceptors (Lipinski definition) is 6. The number of pyridine rings is 1. The number of carboxylic acids is 1. The molecule has 0 bridgehead atoms. The van der Waals surface area contributed by atoms with Crippen molar-refractivity contribution in [3.63, 3.8) is 0 Å². The second-order valence-corrected chi connectivity index (χ2v) is 6.38. The Morgan fingerprint density at radius 3 is 2.75 bits per heavy atom. The van der Waals surface area contributed by atoms with Gasteiger partial charge >= 0.3 is 5.97 Å². The third-order valence-corrected chi connectivity index (χ3v) is 4.32. The Morgan fingerprint density at radius 1 is 1.25 bits per heavy atom. The Balaban J connectivity index is 1.54. The fourth-order valence-corrected chi connectivity index (χ4v) is 2.93. The van der Waals surface area contributed by atoms with Crippen molar-refractivity contribution in [2.45, 2.75) is 25.2 Å². The minimum absolute atomic E-state index is 0.0303. The number of nitrogens with zero attached hydrogens (tertiary/aromatic N) is 2. The van der Waals surface area contributed by atoms with Gasteiger partial charge in [-0.1, -0.05) is 18.2 Å². The summed E-state index contributed by atoms with van der Waals surface area (Å²) in [7, 11) is 1.84. The number of anilines is 1. The smallest absolute Gasteiger partial charge is 0.304 e. The van der Waals surface area contributed by atoms with E-state index in [9.17, 15) is 4.79 Å². The Morgan fingerprint density at radius 2 is 2.07 bits per heavy atom. The van der Waals surface area contributed by atoms with Crippen molar-refractivity contribution < 1.29 is 19.1 Å². The highest BCUT2D eigenvalue weighted by Gasteiger charge is 2.20. The van der Waals surface area contributed by atoms with E-state index in [0.717, 1.165) is 22.8 Å². The molecule has 0 aliphatic rings. The van der Waals surface area contributed by atoms with Crippen LogP contribution >= 0.6 is 0 Å². The minimum Gasteiger partial charge on any atom is -0.493 e. The third-order valence-electron chi connectivity index (χ3n) is 4.32. The molecule has 1 atom stereocenters. The largest absolute Gasteiger partial charge is 0.493 e. The molecule has 28 heavy (non-hydrogen) atoms. The van der Waals surface area contributed by atoms with E-state index in [1.54, 1.807) is 0 Å². The summed E-state index contributed by atoms with van der Waals surface area (Å²) in [5, 5.41) is 12.1. The fraction of sp³-hybridized carbons (Fsp3) is 0.286. The average Bonchev–Trinajstić information content (AvgIpc) is 3.23. The van der Waals surface area contributed by atoms with Gasteiger partial charge in [-0.2, -0.15) is 0 Å². The zero-order valence-electron chi connectivity index (χ0n) is 15.7. The highest BCUT2D eigenvalue weighted by Crippen LogP contribution is 2.24. The molecule has 2 N–H and O–H groups in total. The van der Waals surface area contributed by atoms with Crippen molar-refractivity contribution >= 4 is 11.8 Å². The van der Waals surface area contributed by atoms with Gasteiger partial charge in [-0.05, 0) is 36.2 Å². The molecular weight excluding hydrogens is 358 g/mol. The summed E-state index contributed by atoms with van der Waals surface area (Å²) in [6.07, 6.45) is 4.21. The van der Waals surface area contributed by atoms with Crippen molar-refractivity contribution in [3.8, 4) is 5.75 Å². The number of hydrogen-bond donors (Lipinski definition) is 2. The van der Waals surface area contributed by atoms with Gasteiger partial charge in [0.25, 0.3) is 0 Å². The molecule has 0 aliphatic heterocycles. The first kappa shape index (κ1) is 19.4. The van der Waals surface area contributed by atoms with Gasteiger partial charge in [0.15, 0.2) is 5.89 Å². The van der Waals surface area contributed by atoms with E-state index in [4.69, 9.17) is 14.3 Å². The van der Waals surface area contributed by atoms with Gasteiger partial charge in [-0.15, -0.1) is 0 Å². The van der Waals surface area contributed by atoms with Crippen LogP contribution in [0.4, 0.5) is 5.82 Å². The standard InChI is InChI=1S/C21H23N3O4/c1-22-19-4-2-3-17(24-19)9-11-27-18-7-5-15(6-8-18)13-16(14-20(25)26)21-23-10-12-28-21/h2-8,10,12,16H,9,11,13-14H2,1H3,(H,22,24)(H,25,26). The van der Waals surface area contributed by atoms with E-state index in [2.05, 4.69) is 15.3 Å². The molecule has 3 aromatic rings. The van der Waals surface area contributed by atoms with Gasteiger partial charge in [0, 0.05) is 19.2 Å². The van der Waals surface area contributed by atoms with Gasteiger partial charge in [0.05, 0.1) is 25.1 Å². The highest BCUT2D eigenvalue weighted by atomic mass is 16.5. The SMILES string of the molecule is CNc1cccc(CCOc2ccc(CC(CC(=O)O)c3ncco3)cc2)n1. The number of aliphatic carboxylic acids is 1. The Kier molecular flexibility index (Phi) is 6.62. The molecule has 1 aromatic carbocycles. The number of ether oxygens (including phenoxy) is 1. The first-order valence-corrected chi connectivity index (χ1v) is 9.10. The maximum Gasteiger partial charge on any atom is 0.304 e. The lowest BCUT2D eigenvalue weighted by Crippen LogP contribution is -2.09. The maximum absolute atomic E-state index is 11.1. The van der Waals surface area contributed by atoms with Crippen molar-refractivity contribution in [1.82, 2.24) is 9.97 Å². The number of aromatic nitrogens is 2. The number of nitrogens with one attached hydrogen (secondary N) is 1. The molecule has 0 radical (unpaired) electrons. The zero-order chi connectivity index (χ0) is 19.8. The monoisotopic (exact) mass is 381 g/mol. The van der Waals surface area contributed by atoms with Crippen LogP contribution in [0.3, 0.4) is 0 Å². The van der Waals surface area contributed by atoms with E-state index < -0.39 is 5.97 Å². The van der Waals surface area contributed by atoms with Gasteiger partial charge in [-0.25, -0.2) is 9.97 Å². The molecular formula is C21H23N3O4. The van der Waals surface area contributed by atoms with Crippen molar-refractivity contribution in [3.05, 3.63) is 72.1 Å². The van der Waals surface area contributed by atoms with Crippen LogP contribution in [0.1, 0.15) is 29.5 Å². The van der Waals surface area contributed by atoms with E-state index in [-0.39, 0.29) is 12.3 Å². The van der Waals surface area contributed by atoms with E-state index in [1.807, 2.05) is 49.5 Å². The Hall–Kier alpha value is -3.35. The second-order valence-electron chi connectivity index (χ2n) is 6.38. The lowest BCUT2D eigenvalue weighted by molar-refractivity contribution is -0.137. The summed E-state index contributed by atoms with van der Waals surface area (Å²) in [6, 6.07) is 13.5. The molecule has 0 saturated heterocycles. The van der Waals surface area contributed by atoms with Crippen molar-refractivity contribution in [1.29, 1.82) is 0 Å². The normalized spacial score (nSPS) is 11.8. The molecule has 7 nitrogen and oxygen atoms in total. The van der Waals surface area contributed by atoms with Crippen molar-refractivity contribution in [2.24, 2.45) is 0 Å². The molecule has 2 aromatic heterocycles. The van der Waals surface area contributed by atoms with E-state index in [0.29, 0.717) is 25.3 Å². The van der Waals surface area contributed by atoms with Gasteiger partial charge < -0.3 is 19.6 Å². The number of rotatable bonds is 10. The van der Waals surface area contributed by atoms with Crippen LogP contribution in [-0.4, -0.2) is 34.7 Å². The summed E-state index contributed by atoms with van der Waals surface area (Å²) < 4.78 is 11.1. The predicted molar refractivity (Wildman–Crippen MR) is 105 cm³/mol. The summed E-state index contributed by atoms with van der Waals surface area (Å²) in [5.74, 6) is 0.867. The van der Waals surface area contributed by atoms with Crippen LogP contribution in [0.5, 0.6) is 5.75 Å². The third kappa shape index (κ3) is 5.57. The van der Waals surface area contributed by atoms with Crippen LogP contribution in [-0.2, 0) is 17.6 Å². The van der Waals surface area contributed by atoms with Crippen LogP contribution in [0.15, 0.2) is 59.3 Å². The fourth-order valence-electron chi connectivity index (χ4n) is 2.93. The molecule has 2 heterocycles. The average molecular weight is 381 g/mol. The van der Waals surface area contributed by atoms with Crippen LogP contribution in [0.2, 0.25) is 0 Å². The lowest BCUT2D eigenvalue weighted by atomic mass is 9.96. The van der Waals surface area contributed by atoms with Gasteiger partial charge in [-0.3, -0.25) is 4.79 Å². The van der Waals surface area contributed by atoms with Crippen LogP contribution in [0, 0.1) is 0 Å².